The van der Waals surface area contributed by atoms with Gasteiger partial charge in [0.15, 0.2) is 4.80 Å². The standard InChI is InChI=1S/C17H12N4O7S/c1-28-15(22)9-19-13-8-12(21(26)27)6-7-14(13)29-17(19)18-16(23)10-2-4-11(5-3-10)20(24)25/h2-8H,9H2,1H3. The number of nitro groups is 2. The number of ether oxygens (including phenoxy) is 1. The summed E-state index contributed by atoms with van der Waals surface area (Å²) in [5.74, 6) is -1.31. The Morgan fingerprint density at radius 2 is 1.69 bits per heavy atom. The Balaban J connectivity index is 2.12. The second-order valence-electron chi connectivity index (χ2n) is 5.68. The molecule has 1 heterocycles. The van der Waals surface area contributed by atoms with Crippen molar-refractivity contribution in [2.24, 2.45) is 4.99 Å². The molecule has 148 valence electrons. The minimum absolute atomic E-state index is 0.114. The number of methoxy groups -OCH3 is 1. The molecule has 1 amide bonds. The molecule has 2 aromatic carbocycles. The Bertz CT molecular complexity index is 1210. The molecule has 3 aromatic rings. The molecule has 12 heteroatoms. The number of amides is 1. The number of hydrogen-bond acceptors (Lipinski definition) is 8. The highest BCUT2D eigenvalue weighted by atomic mass is 32.1. The van der Waals surface area contributed by atoms with Gasteiger partial charge in [-0.3, -0.25) is 29.8 Å². The van der Waals surface area contributed by atoms with Crippen molar-refractivity contribution in [2.45, 2.75) is 6.54 Å². The van der Waals surface area contributed by atoms with Crippen molar-refractivity contribution in [1.29, 1.82) is 0 Å². The fraction of sp³-hybridized carbons (Fsp3) is 0.118. The number of non-ortho nitro benzene ring substituents is 2. The zero-order chi connectivity index (χ0) is 21.1. The maximum atomic E-state index is 12.5. The SMILES string of the molecule is COC(=O)Cn1c(=NC(=O)c2ccc([N+](=O)[O-])cc2)sc2ccc([N+](=O)[O-])cc21. The molecular weight excluding hydrogens is 404 g/mol. The first kappa shape index (κ1) is 19.8. The summed E-state index contributed by atoms with van der Waals surface area (Å²) in [6, 6.07) is 8.99. The van der Waals surface area contributed by atoms with Crippen molar-refractivity contribution in [2.75, 3.05) is 7.11 Å². The number of carbonyl (C=O) groups excluding carboxylic acids is 2. The Labute approximate surface area is 165 Å². The number of carbonyl (C=O) groups is 2. The van der Waals surface area contributed by atoms with E-state index in [0.717, 1.165) is 11.3 Å². The van der Waals surface area contributed by atoms with Crippen LogP contribution in [0, 0.1) is 20.2 Å². The fourth-order valence-electron chi connectivity index (χ4n) is 2.48. The third-order valence-electron chi connectivity index (χ3n) is 3.91. The molecule has 0 unspecified atom stereocenters. The summed E-state index contributed by atoms with van der Waals surface area (Å²) in [5.41, 5.74) is 0.118. The van der Waals surface area contributed by atoms with Crippen molar-refractivity contribution < 1.29 is 24.2 Å². The number of fused-ring (bicyclic) bond motifs is 1. The third kappa shape index (κ3) is 4.16. The summed E-state index contributed by atoms with van der Waals surface area (Å²) in [6.07, 6.45) is 0. The van der Waals surface area contributed by atoms with Crippen molar-refractivity contribution in [3.05, 3.63) is 73.1 Å². The molecule has 0 radical (unpaired) electrons. The van der Waals surface area contributed by atoms with Crippen LogP contribution >= 0.6 is 11.3 Å². The third-order valence-corrected chi connectivity index (χ3v) is 4.97. The monoisotopic (exact) mass is 416 g/mol. The van der Waals surface area contributed by atoms with Crippen LogP contribution in [0.4, 0.5) is 11.4 Å². The minimum atomic E-state index is -0.681. The van der Waals surface area contributed by atoms with Gasteiger partial charge in [0.05, 0.1) is 27.2 Å². The first-order chi connectivity index (χ1) is 13.8. The normalized spacial score (nSPS) is 11.4. The number of benzene rings is 2. The molecule has 11 nitrogen and oxygen atoms in total. The molecule has 0 saturated carbocycles. The van der Waals surface area contributed by atoms with Gasteiger partial charge in [0.2, 0.25) is 0 Å². The number of aromatic nitrogens is 1. The molecule has 0 spiro atoms. The highest BCUT2D eigenvalue weighted by molar-refractivity contribution is 7.16. The van der Waals surface area contributed by atoms with Gasteiger partial charge in [-0.25, -0.2) is 0 Å². The maximum Gasteiger partial charge on any atom is 0.325 e. The Morgan fingerprint density at radius 1 is 1.07 bits per heavy atom. The predicted molar refractivity (Wildman–Crippen MR) is 101 cm³/mol. The molecular formula is C17H12N4O7S. The number of esters is 1. The van der Waals surface area contributed by atoms with E-state index in [2.05, 4.69) is 9.73 Å². The van der Waals surface area contributed by atoms with E-state index in [0.29, 0.717) is 10.2 Å². The quantitative estimate of drug-likeness (QED) is 0.352. The molecule has 1 aromatic heterocycles. The van der Waals surface area contributed by atoms with Crippen LogP contribution in [0.2, 0.25) is 0 Å². The Kier molecular flexibility index (Phi) is 5.45. The van der Waals surface area contributed by atoms with Gasteiger partial charge in [0, 0.05) is 29.8 Å². The van der Waals surface area contributed by atoms with Crippen LogP contribution < -0.4 is 4.80 Å². The number of rotatable bonds is 5. The second kappa shape index (κ2) is 7.98. The minimum Gasteiger partial charge on any atom is -0.468 e. The van der Waals surface area contributed by atoms with E-state index < -0.39 is 21.7 Å². The number of thiazole rings is 1. The van der Waals surface area contributed by atoms with Gasteiger partial charge in [0.1, 0.15) is 6.54 Å². The summed E-state index contributed by atoms with van der Waals surface area (Å²) >= 11 is 1.06. The van der Waals surface area contributed by atoms with Crippen LogP contribution in [-0.2, 0) is 16.1 Å². The number of nitrogens with zero attached hydrogens (tertiary/aromatic N) is 4. The van der Waals surface area contributed by atoms with Gasteiger partial charge in [-0.15, -0.1) is 0 Å². The molecule has 0 aliphatic carbocycles. The number of hydrogen-bond donors (Lipinski definition) is 0. The summed E-state index contributed by atoms with van der Waals surface area (Å²) in [7, 11) is 1.19. The lowest BCUT2D eigenvalue weighted by atomic mass is 10.2. The second-order valence-corrected chi connectivity index (χ2v) is 6.69. The van der Waals surface area contributed by atoms with Crippen molar-refractivity contribution in [3.8, 4) is 0 Å². The average Bonchev–Trinajstić information content (AvgIpc) is 3.04. The smallest absolute Gasteiger partial charge is 0.325 e. The van der Waals surface area contributed by atoms with Crippen LogP contribution in [0.15, 0.2) is 47.5 Å². The van der Waals surface area contributed by atoms with Crippen molar-refractivity contribution in [1.82, 2.24) is 4.57 Å². The molecule has 0 aliphatic rings. The van der Waals surface area contributed by atoms with Crippen LogP contribution in [0.3, 0.4) is 0 Å². The largest absolute Gasteiger partial charge is 0.468 e. The van der Waals surface area contributed by atoms with Gasteiger partial charge in [0.25, 0.3) is 17.3 Å². The summed E-state index contributed by atoms with van der Waals surface area (Å²) < 4.78 is 6.58. The molecule has 0 bridgehead atoms. The summed E-state index contributed by atoms with van der Waals surface area (Å²) in [6.45, 7) is -0.302. The summed E-state index contributed by atoms with van der Waals surface area (Å²) in [5, 5.41) is 21.8. The van der Waals surface area contributed by atoms with Gasteiger partial charge >= 0.3 is 5.97 Å². The van der Waals surface area contributed by atoms with Gasteiger partial charge in [-0.05, 0) is 18.2 Å². The molecule has 0 aliphatic heterocycles. The van der Waals surface area contributed by atoms with Crippen LogP contribution in [-0.4, -0.2) is 33.4 Å². The Morgan fingerprint density at radius 3 is 2.28 bits per heavy atom. The molecule has 0 fully saturated rings. The molecule has 0 N–H and O–H groups in total. The lowest BCUT2D eigenvalue weighted by Gasteiger charge is -2.03. The topological polar surface area (TPSA) is 147 Å². The first-order valence-corrected chi connectivity index (χ1v) is 8.80. The van der Waals surface area contributed by atoms with Crippen LogP contribution in [0.25, 0.3) is 10.2 Å². The highest BCUT2D eigenvalue weighted by Gasteiger charge is 2.16. The molecule has 3 rings (SSSR count). The molecule has 0 atom stereocenters. The van der Waals surface area contributed by atoms with Gasteiger partial charge in [-0.1, -0.05) is 11.3 Å². The van der Waals surface area contributed by atoms with Crippen molar-refractivity contribution in [3.63, 3.8) is 0 Å². The fourth-order valence-corrected chi connectivity index (χ4v) is 3.49. The van der Waals surface area contributed by atoms with Crippen LogP contribution in [0.1, 0.15) is 10.4 Å². The van der Waals surface area contributed by atoms with E-state index in [-0.39, 0.29) is 28.3 Å². The van der Waals surface area contributed by atoms with E-state index >= 15 is 0 Å². The number of nitro benzene ring substituents is 2. The van der Waals surface area contributed by atoms with E-state index in [9.17, 15) is 29.8 Å². The van der Waals surface area contributed by atoms with Crippen molar-refractivity contribution >= 4 is 44.8 Å². The summed E-state index contributed by atoms with van der Waals surface area (Å²) in [4.78, 5) is 49.0. The van der Waals surface area contributed by atoms with E-state index in [4.69, 9.17) is 0 Å². The predicted octanol–water partition coefficient (Wildman–Crippen LogP) is 2.43. The van der Waals surface area contributed by atoms with Gasteiger partial charge in [-0.2, -0.15) is 4.99 Å². The zero-order valence-electron chi connectivity index (χ0n) is 14.8. The first-order valence-electron chi connectivity index (χ1n) is 7.98. The van der Waals surface area contributed by atoms with E-state index in [1.807, 2.05) is 0 Å². The van der Waals surface area contributed by atoms with Gasteiger partial charge < -0.3 is 9.30 Å². The van der Waals surface area contributed by atoms with E-state index in [1.165, 1.54) is 54.1 Å². The zero-order valence-corrected chi connectivity index (χ0v) is 15.6. The van der Waals surface area contributed by atoms with E-state index in [1.54, 1.807) is 0 Å². The lowest BCUT2D eigenvalue weighted by Crippen LogP contribution is -2.22. The van der Waals surface area contributed by atoms with Crippen LogP contribution in [0.5, 0.6) is 0 Å². The average molecular weight is 416 g/mol. The molecule has 0 saturated heterocycles. The highest BCUT2D eigenvalue weighted by Crippen LogP contribution is 2.23. The lowest BCUT2D eigenvalue weighted by molar-refractivity contribution is -0.385. The Hall–Kier alpha value is -3.93. The maximum absolute atomic E-state index is 12.5. The molecule has 29 heavy (non-hydrogen) atoms.